The van der Waals surface area contributed by atoms with Gasteiger partial charge in [0.2, 0.25) is 0 Å². The average Bonchev–Trinajstić information content (AvgIpc) is 2.71. The summed E-state index contributed by atoms with van der Waals surface area (Å²) in [6.45, 7) is 4.55. The van der Waals surface area contributed by atoms with Crippen LogP contribution in [0.15, 0.2) is 72.8 Å². The molecule has 0 spiro atoms. The molecule has 0 unspecified atom stereocenters. The molecule has 1 heterocycles. The number of nitrogens with one attached hydrogen (secondary N) is 1. The summed E-state index contributed by atoms with van der Waals surface area (Å²) >= 11 is 6.05. The number of nitrogens with zero attached hydrogens (tertiary/aromatic N) is 1. The maximum atomic E-state index is 13.1. The summed E-state index contributed by atoms with van der Waals surface area (Å²) in [6.07, 6.45) is 0. The van der Waals surface area contributed by atoms with Crippen molar-refractivity contribution >= 4 is 28.4 Å². The Morgan fingerprint density at radius 1 is 0.966 bits per heavy atom. The number of hydrogen-bond acceptors (Lipinski definition) is 2. The molecule has 4 rings (SSSR count). The first-order valence-corrected chi connectivity index (χ1v) is 9.89. The van der Waals surface area contributed by atoms with Crippen LogP contribution in [0.2, 0.25) is 5.02 Å². The van der Waals surface area contributed by atoms with E-state index in [4.69, 9.17) is 16.6 Å². The molecule has 1 aromatic heterocycles. The fourth-order valence-electron chi connectivity index (χ4n) is 3.53. The molecule has 0 bridgehead atoms. The molecule has 3 nitrogen and oxygen atoms in total. The van der Waals surface area contributed by atoms with Crippen LogP contribution in [-0.4, -0.2) is 10.9 Å². The zero-order valence-electron chi connectivity index (χ0n) is 16.4. The van der Waals surface area contributed by atoms with Crippen molar-refractivity contribution in [2.45, 2.75) is 20.4 Å². The molecule has 1 N–H and O–H groups in total. The Morgan fingerprint density at radius 2 is 1.79 bits per heavy atom. The highest BCUT2D eigenvalue weighted by Gasteiger charge is 2.15. The summed E-state index contributed by atoms with van der Waals surface area (Å²) in [4.78, 5) is 17.9. The fourth-order valence-corrected chi connectivity index (χ4v) is 3.74. The van der Waals surface area contributed by atoms with Crippen LogP contribution < -0.4 is 5.32 Å². The van der Waals surface area contributed by atoms with Crippen molar-refractivity contribution in [3.05, 3.63) is 100 Å². The van der Waals surface area contributed by atoms with E-state index in [9.17, 15) is 4.79 Å². The summed E-state index contributed by atoms with van der Waals surface area (Å²) < 4.78 is 0. The zero-order valence-corrected chi connectivity index (χ0v) is 17.1. The zero-order chi connectivity index (χ0) is 20.4. The molecule has 0 atom stereocenters. The first-order chi connectivity index (χ1) is 14.0. The molecule has 0 radical (unpaired) electrons. The van der Waals surface area contributed by atoms with E-state index in [-0.39, 0.29) is 5.91 Å². The Bertz CT molecular complexity index is 1220. The molecule has 0 saturated carbocycles. The van der Waals surface area contributed by atoms with E-state index in [2.05, 4.69) is 37.4 Å². The monoisotopic (exact) mass is 400 g/mol. The lowest BCUT2D eigenvalue weighted by molar-refractivity contribution is 0.0952. The standard InChI is InChI=1S/C25H21ClN2O/c1-16-10-11-20(17(2)12-16)24-14-22(21-8-3-4-9-23(21)28-24)25(29)27-15-18-6-5-7-19(26)13-18/h3-14H,15H2,1-2H3,(H,27,29). The molecule has 4 heteroatoms. The van der Waals surface area contributed by atoms with Crippen LogP contribution in [0.1, 0.15) is 27.0 Å². The number of rotatable bonds is 4. The third-order valence-corrected chi connectivity index (χ3v) is 5.20. The molecule has 0 aliphatic rings. The van der Waals surface area contributed by atoms with Gasteiger partial charge in [0.25, 0.3) is 5.91 Å². The van der Waals surface area contributed by atoms with Gasteiger partial charge in [-0.05, 0) is 49.2 Å². The molecule has 4 aromatic rings. The van der Waals surface area contributed by atoms with E-state index >= 15 is 0 Å². The predicted octanol–water partition coefficient (Wildman–Crippen LogP) is 6.10. The van der Waals surface area contributed by atoms with E-state index in [1.165, 1.54) is 5.56 Å². The van der Waals surface area contributed by atoms with Crippen molar-refractivity contribution in [2.75, 3.05) is 0 Å². The van der Waals surface area contributed by atoms with E-state index in [1.54, 1.807) is 0 Å². The molecule has 29 heavy (non-hydrogen) atoms. The van der Waals surface area contributed by atoms with Gasteiger partial charge in [-0.3, -0.25) is 4.79 Å². The van der Waals surface area contributed by atoms with Gasteiger partial charge in [-0.2, -0.15) is 0 Å². The Labute approximate surface area is 175 Å². The Morgan fingerprint density at radius 3 is 2.59 bits per heavy atom. The minimum Gasteiger partial charge on any atom is -0.348 e. The van der Waals surface area contributed by atoms with Gasteiger partial charge >= 0.3 is 0 Å². The fraction of sp³-hybridized carbons (Fsp3) is 0.120. The number of aromatic nitrogens is 1. The van der Waals surface area contributed by atoms with Gasteiger partial charge in [-0.25, -0.2) is 4.98 Å². The number of para-hydroxylation sites is 1. The normalized spacial score (nSPS) is 10.9. The quantitative estimate of drug-likeness (QED) is 0.449. The van der Waals surface area contributed by atoms with E-state index in [0.717, 1.165) is 33.3 Å². The van der Waals surface area contributed by atoms with Gasteiger partial charge in [0.1, 0.15) is 0 Å². The Hall–Kier alpha value is -3.17. The molecule has 0 aliphatic heterocycles. The van der Waals surface area contributed by atoms with Crippen LogP contribution in [0.4, 0.5) is 0 Å². The number of amides is 1. The van der Waals surface area contributed by atoms with Crippen molar-refractivity contribution in [1.29, 1.82) is 0 Å². The van der Waals surface area contributed by atoms with Crippen LogP contribution in [-0.2, 0) is 6.54 Å². The van der Waals surface area contributed by atoms with Crippen molar-refractivity contribution in [2.24, 2.45) is 0 Å². The van der Waals surface area contributed by atoms with Crippen LogP contribution in [0.25, 0.3) is 22.2 Å². The van der Waals surface area contributed by atoms with Gasteiger partial charge in [-0.1, -0.05) is 65.7 Å². The highest BCUT2D eigenvalue weighted by atomic mass is 35.5. The van der Waals surface area contributed by atoms with Gasteiger partial charge in [0.05, 0.1) is 16.8 Å². The Balaban J connectivity index is 1.73. The van der Waals surface area contributed by atoms with Crippen molar-refractivity contribution < 1.29 is 4.79 Å². The highest BCUT2D eigenvalue weighted by Crippen LogP contribution is 2.27. The third-order valence-electron chi connectivity index (χ3n) is 4.96. The third kappa shape index (κ3) is 4.15. The second-order valence-corrected chi connectivity index (χ2v) is 7.64. The average molecular weight is 401 g/mol. The molecular weight excluding hydrogens is 380 g/mol. The number of halogens is 1. The van der Waals surface area contributed by atoms with Crippen LogP contribution in [0.3, 0.4) is 0 Å². The largest absolute Gasteiger partial charge is 0.348 e. The molecule has 144 valence electrons. The lowest BCUT2D eigenvalue weighted by Gasteiger charge is -2.12. The SMILES string of the molecule is Cc1ccc(-c2cc(C(=O)NCc3cccc(Cl)c3)c3ccccc3n2)c(C)c1. The lowest BCUT2D eigenvalue weighted by Crippen LogP contribution is -2.23. The van der Waals surface area contributed by atoms with Gasteiger partial charge in [0.15, 0.2) is 0 Å². The second-order valence-electron chi connectivity index (χ2n) is 7.20. The predicted molar refractivity (Wildman–Crippen MR) is 119 cm³/mol. The van der Waals surface area contributed by atoms with Crippen LogP contribution in [0, 0.1) is 13.8 Å². The second kappa shape index (κ2) is 8.06. The number of carbonyl (C=O) groups is 1. The number of hydrogen-bond donors (Lipinski definition) is 1. The number of carbonyl (C=O) groups excluding carboxylic acids is 1. The molecule has 1 amide bonds. The van der Waals surface area contributed by atoms with E-state index in [1.807, 2.05) is 54.6 Å². The summed E-state index contributed by atoms with van der Waals surface area (Å²) in [5, 5.41) is 4.51. The minimum atomic E-state index is -0.130. The van der Waals surface area contributed by atoms with Crippen molar-refractivity contribution in [1.82, 2.24) is 10.3 Å². The molecule has 0 aliphatic carbocycles. The Kier molecular flexibility index (Phi) is 5.32. The summed E-state index contributed by atoms with van der Waals surface area (Å²) in [5.41, 5.74) is 6.55. The highest BCUT2D eigenvalue weighted by molar-refractivity contribution is 6.30. The lowest BCUT2D eigenvalue weighted by atomic mass is 9.99. The number of benzene rings is 3. The van der Waals surface area contributed by atoms with E-state index < -0.39 is 0 Å². The van der Waals surface area contributed by atoms with Crippen LogP contribution in [0.5, 0.6) is 0 Å². The van der Waals surface area contributed by atoms with E-state index in [0.29, 0.717) is 17.1 Å². The molecule has 0 fully saturated rings. The number of aryl methyl sites for hydroxylation is 2. The number of fused-ring (bicyclic) bond motifs is 1. The maximum absolute atomic E-state index is 13.1. The number of pyridine rings is 1. The first-order valence-electron chi connectivity index (χ1n) is 9.51. The maximum Gasteiger partial charge on any atom is 0.252 e. The van der Waals surface area contributed by atoms with Crippen molar-refractivity contribution in [3.8, 4) is 11.3 Å². The van der Waals surface area contributed by atoms with Gasteiger partial charge in [0, 0.05) is 22.5 Å². The summed E-state index contributed by atoms with van der Waals surface area (Å²) in [7, 11) is 0. The van der Waals surface area contributed by atoms with Crippen LogP contribution >= 0.6 is 11.6 Å². The van der Waals surface area contributed by atoms with Gasteiger partial charge in [-0.15, -0.1) is 0 Å². The molecule has 0 saturated heterocycles. The molecular formula is C25H21ClN2O. The minimum absolute atomic E-state index is 0.130. The molecule has 3 aromatic carbocycles. The summed E-state index contributed by atoms with van der Waals surface area (Å²) in [5.74, 6) is -0.130. The summed E-state index contributed by atoms with van der Waals surface area (Å²) in [6, 6.07) is 23.4. The first kappa shape index (κ1) is 19.2. The van der Waals surface area contributed by atoms with Gasteiger partial charge < -0.3 is 5.32 Å². The smallest absolute Gasteiger partial charge is 0.252 e. The topological polar surface area (TPSA) is 42.0 Å². The van der Waals surface area contributed by atoms with Crippen molar-refractivity contribution in [3.63, 3.8) is 0 Å².